The minimum atomic E-state index is -0.664. The average Bonchev–Trinajstić information content (AvgIpc) is 2.84. The van der Waals surface area contributed by atoms with Crippen molar-refractivity contribution in [1.82, 2.24) is 20.4 Å². The van der Waals surface area contributed by atoms with Crippen LogP contribution < -0.4 is 20.1 Å². The topological polar surface area (TPSA) is 83.1 Å². The summed E-state index contributed by atoms with van der Waals surface area (Å²) in [6.45, 7) is 4.26. The van der Waals surface area contributed by atoms with Gasteiger partial charge in [-0.15, -0.1) is 0 Å². The van der Waals surface area contributed by atoms with E-state index in [-0.39, 0.29) is 12.6 Å². The first-order valence-corrected chi connectivity index (χ1v) is 10.8. The number of ether oxygens (including phenoxy) is 2. The third-order valence-corrected chi connectivity index (χ3v) is 5.77. The van der Waals surface area contributed by atoms with Gasteiger partial charge in [0, 0.05) is 44.8 Å². The molecular formula is C24H32N4O4. The van der Waals surface area contributed by atoms with E-state index in [2.05, 4.69) is 27.5 Å². The molecule has 8 nitrogen and oxygen atoms in total. The number of rotatable bonds is 8. The molecule has 1 aliphatic rings. The molecule has 0 aliphatic carbocycles. The number of hydrogen-bond acceptors (Lipinski definition) is 6. The lowest BCUT2D eigenvalue weighted by Crippen LogP contribution is -2.49. The van der Waals surface area contributed by atoms with Crippen LogP contribution in [0.15, 0.2) is 48.5 Å². The summed E-state index contributed by atoms with van der Waals surface area (Å²) < 4.78 is 10.6. The third kappa shape index (κ3) is 6.21. The monoisotopic (exact) mass is 440 g/mol. The van der Waals surface area contributed by atoms with Crippen molar-refractivity contribution in [3.05, 3.63) is 59.7 Å². The molecule has 8 heteroatoms. The van der Waals surface area contributed by atoms with E-state index < -0.39 is 11.8 Å². The van der Waals surface area contributed by atoms with Gasteiger partial charge >= 0.3 is 11.8 Å². The number of hydrogen-bond donors (Lipinski definition) is 2. The fraction of sp³-hybridized carbons (Fsp3) is 0.417. The van der Waals surface area contributed by atoms with Gasteiger partial charge in [0.25, 0.3) is 0 Å². The van der Waals surface area contributed by atoms with Crippen LogP contribution in [0.2, 0.25) is 0 Å². The number of likely N-dealkylation sites (N-methyl/N-ethyl adjacent to an activating group) is 1. The Balaban J connectivity index is 1.61. The summed E-state index contributed by atoms with van der Waals surface area (Å²) in [5.41, 5.74) is 1.88. The first-order valence-electron chi connectivity index (χ1n) is 10.8. The fourth-order valence-corrected chi connectivity index (χ4v) is 3.79. The Morgan fingerprint density at radius 3 is 2.22 bits per heavy atom. The molecule has 3 rings (SSSR count). The van der Waals surface area contributed by atoms with Gasteiger partial charge in [0.15, 0.2) is 0 Å². The van der Waals surface area contributed by atoms with Crippen LogP contribution in [0.3, 0.4) is 0 Å². The lowest BCUT2D eigenvalue weighted by Gasteiger charge is -2.38. The van der Waals surface area contributed by atoms with Crippen LogP contribution in [0.4, 0.5) is 0 Å². The van der Waals surface area contributed by atoms with Gasteiger partial charge in [0.05, 0.1) is 20.3 Å². The molecule has 0 aromatic heterocycles. The molecule has 32 heavy (non-hydrogen) atoms. The van der Waals surface area contributed by atoms with Crippen LogP contribution in [0.25, 0.3) is 0 Å². The van der Waals surface area contributed by atoms with Gasteiger partial charge in [-0.05, 0) is 30.8 Å². The van der Waals surface area contributed by atoms with Gasteiger partial charge in [-0.1, -0.05) is 30.3 Å². The lowest BCUT2D eigenvalue weighted by molar-refractivity contribution is -0.139. The number of benzene rings is 2. The molecule has 172 valence electrons. The van der Waals surface area contributed by atoms with Crippen molar-refractivity contribution < 1.29 is 19.1 Å². The molecule has 0 saturated carbocycles. The predicted octanol–water partition coefficient (Wildman–Crippen LogP) is 1.42. The van der Waals surface area contributed by atoms with Crippen molar-refractivity contribution >= 4 is 11.8 Å². The van der Waals surface area contributed by atoms with Gasteiger partial charge in [-0.25, -0.2) is 0 Å². The minimum Gasteiger partial charge on any atom is -0.497 e. The zero-order valence-corrected chi connectivity index (χ0v) is 19.0. The Morgan fingerprint density at radius 2 is 1.56 bits per heavy atom. The maximum atomic E-state index is 12.5. The number of nitrogens with zero attached hydrogens (tertiary/aromatic N) is 2. The Bertz CT molecular complexity index is 895. The highest BCUT2D eigenvalue weighted by atomic mass is 16.5. The molecule has 0 bridgehead atoms. The van der Waals surface area contributed by atoms with Crippen molar-refractivity contribution in [2.24, 2.45) is 0 Å². The number of amides is 2. The standard InChI is InChI=1S/C24H32N4O4/c1-27-12-14-28(15-13-27)21(18-8-10-20(31-2)11-9-18)17-26-24(30)23(29)25-16-19-6-4-5-7-22(19)32-3/h4-11,21H,12-17H2,1-3H3,(H,25,29)(H,26,30)/t21-/m1/s1. The van der Waals surface area contributed by atoms with Gasteiger partial charge in [-0.2, -0.15) is 0 Å². The second-order valence-corrected chi connectivity index (χ2v) is 7.83. The summed E-state index contributed by atoms with van der Waals surface area (Å²) in [6, 6.07) is 15.2. The van der Waals surface area contributed by atoms with E-state index in [1.165, 1.54) is 0 Å². The second-order valence-electron chi connectivity index (χ2n) is 7.83. The average molecular weight is 441 g/mol. The summed E-state index contributed by atoms with van der Waals surface area (Å²) in [5.74, 6) is 0.142. The van der Waals surface area contributed by atoms with E-state index in [1.54, 1.807) is 14.2 Å². The zero-order chi connectivity index (χ0) is 22.9. The SMILES string of the molecule is COc1ccc([C@@H](CNC(=O)C(=O)NCc2ccccc2OC)N2CCN(C)CC2)cc1. The smallest absolute Gasteiger partial charge is 0.309 e. The number of carbonyl (C=O) groups excluding carboxylic acids is 2. The summed E-state index contributed by atoms with van der Waals surface area (Å²) in [6.07, 6.45) is 0. The Kier molecular flexibility index (Phi) is 8.47. The largest absolute Gasteiger partial charge is 0.497 e. The molecule has 0 unspecified atom stereocenters. The molecule has 0 spiro atoms. The fourth-order valence-electron chi connectivity index (χ4n) is 3.79. The molecule has 2 aromatic rings. The molecule has 2 amide bonds. The molecule has 1 atom stereocenters. The third-order valence-electron chi connectivity index (χ3n) is 5.77. The molecular weight excluding hydrogens is 408 g/mol. The Morgan fingerprint density at radius 1 is 0.906 bits per heavy atom. The van der Waals surface area contributed by atoms with Crippen molar-refractivity contribution in [3.63, 3.8) is 0 Å². The number of para-hydroxylation sites is 1. The van der Waals surface area contributed by atoms with Crippen LogP contribution in [-0.2, 0) is 16.1 Å². The van der Waals surface area contributed by atoms with E-state index in [1.807, 2.05) is 48.5 Å². The quantitative estimate of drug-likeness (QED) is 0.605. The van der Waals surface area contributed by atoms with E-state index in [0.717, 1.165) is 43.1 Å². The number of piperazine rings is 1. The van der Waals surface area contributed by atoms with Crippen molar-refractivity contribution in [2.45, 2.75) is 12.6 Å². The molecule has 1 aliphatic heterocycles. The Labute approximate surface area is 189 Å². The van der Waals surface area contributed by atoms with Gasteiger partial charge < -0.3 is 25.0 Å². The molecule has 0 radical (unpaired) electrons. The van der Waals surface area contributed by atoms with Crippen LogP contribution >= 0.6 is 0 Å². The van der Waals surface area contributed by atoms with E-state index >= 15 is 0 Å². The maximum Gasteiger partial charge on any atom is 0.309 e. The summed E-state index contributed by atoms with van der Waals surface area (Å²) in [5, 5.41) is 5.48. The maximum absolute atomic E-state index is 12.5. The molecule has 2 N–H and O–H groups in total. The number of methoxy groups -OCH3 is 2. The summed E-state index contributed by atoms with van der Waals surface area (Å²) >= 11 is 0. The lowest BCUT2D eigenvalue weighted by atomic mass is 10.0. The summed E-state index contributed by atoms with van der Waals surface area (Å²) in [7, 11) is 5.31. The van der Waals surface area contributed by atoms with E-state index in [4.69, 9.17) is 9.47 Å². The van der Waals surface area contributed by atoms with Crippen LogP contribution in [-0.4, -0.2) is 75.6 Å². The molecule has 2 aromatic carbocycles. The van der Waals surface area contributed by atoms with Crippen molar-refractivity contribution in [2.75, 3.05) is 54.0 Å². The van der Waals surface area contributed by atoms with Crippen molar-refractivity contribution in [3.8, 4) is 11.5 Å². The normalized spacial score (nSPS) is 15.6. The molecule has 1 fully saturated rings. The van der Waals surface area contributed by atoms with Crippen LogP contribution in [0.1, 0.15) is 17.2 Å². The van der Waals surface area contributed by atoms with Crippen LogP contribution in [0, 0.1) is 0 Å². The first-order chi connectivity index (χ1) is 15.5. The molecule has 1 saturated heterocycles. The van der Waals surface area contributed by atoms with Gasteiger partial charge in [-0.3, -0.25) is 14.5 Å². The van der Waals surface area contributed by atoms with Crippen molar-refractivity contribution in [1.29, 1.82) is 0 Å². The minimum absolute atomic E-state index is 0.0272. The highest BCUT2D eigenvalue weighted by molar-refractivity contribution is 6.35. The Hall–Kier alpha value is -3.10. The van der Waals surface area contributed by atoms with Gasteiger partial charge in [0.2, 0.25) is 0 Å². The van der Waals surface area contributed by atoms with E-state index in [0.29, 0.717) is 12.3 Å². The number of nitrogens with one attached hydrogen (secondary N) is 2. The highest BCUT2D eigenvalue weighted by Gasteiger charge is 2.25. The second kappa shape index (κ2) is 11.5. The number of carbonyl (C=O) groups is 2. The van der Waals surface area contributed by atoms with E-state index in [9.17, 15) is 9.59 Å². The van der Waals surface area contributed by atoms with Crippen LogP contribution in [0.5, 0.6) is 11.5 Å². The summed E-state index contributed by atoms with van der Waals surface area (Å²) in [4.78, 5) is 29.5. The molecule has 1 heterocycles. The highest BCUT2D eigenvalue weighted by Crippen LogP contribution is 2.24. The van der Waals surface area contributed by atoms with Gasteiger partial charge in [0.1, 0.15) is 11.5 Å². The zero-order valence-electron chi connectivity index (χ0n) is 19.0. The first kappa shape index (κ1) is 23.6. The predicted molar refractivity (Wildman–Crippen MR) is 123 cm³/mol.